The summed E-state index contributed by atoms with van der Waals surface area (Å²) in [6.45, 7) is 0.805. The molecule has 1 aromatic rings. The van der Waals surface area contributed by atoms with Crippen molar-refractivity contribution in [2.75, 3.05) is 6.54 Å². The van der Waals surface area contributed by atoms with Crippen LogP contribution in [0.25, 0.3) is 0 Å². The Labute approximate surface area is 141 Å². The number of amides is 1. The topological polar surface area (TPSA) is 46.2 Å². The van der Waals surface area contributed by atoms with Gasteiger partial charge in [-0.2, -0.15) is 0 Å². The van der Waals surface area contributed by atoms with Crippen LogP contribution in [0.5, 0.6) is 0 Å². The summed E-state index contributed by atoms with van der Waals surface area (Å²) < 4.78 is 0. The fourth-order valence-electron chi connectivity index (χ4n) is 3.69. The number of nitrogens with one attached hydrogen (secondary N) is 1. The van der Waals surface area contributed by atoms with Gasteiger partial charge in [0.1, 0.15) is 5.78 Å². The number of carbonyl (C=O) groups excluding carboxylic acids is 2. The van der Waals surface area contributed by atoms with E-state index in [1.807, 2.05) is 0 Å². The molecule has 2 saturated carbocycles. The molecule has 0 radical (unpaired) electrons. The van der Waals surface area contributed by atoms with Gasteiger partial charge in [-0.05, 0) is 62.8 Å². The highest BCUT2D eigenvalue weighted by molar-refractivity contribution is 7.12. The standard InChI is InChI=1S/C19H25NO2S/c21-15(13-4-3-5-13)10-17-18(19(22)20-11-12-8-9-12)14-6-1-2-7-16(14)23-17/h12-13H,1-11H2,(H,20,22). The van der Waals surface area contributed by atoms with E-state index in [-0.39, 0.29) is 11.8 Å². The highest BCUT2D eigenvalue weighted by Crippen LogP contribution is 2.37. The summed E-state index contributed by atoms with van der Waals surface area (Å²) in [5.74, 6) is 1.38. The van der Waals surface area contributed by atoms with Crippen LogP contribution in [0.2, 0.25) is 0 Å². The highest BCUT2D eigenvalue weighted by Gasteiger charge is 2.31. The van der Waals surface area contributed by atoms with Gasteiger partial charge in [0.15, 0.2) is 0 Å². The minimum Gasteiger partial charge on any atom is -0.352 e. The molecule has 0 spiro atoms. The van der Waals surface area contributed by atoms with Crippen LogP contribution in [0.1, 0.15) is 70.6 Å². The third-order valence-corrected chi connectivity index (χ3v) is 6.91. The monoisotopic (exact) mass is 331 g/mol. The molecular formula is C19H25NO2S. The SMILES string of the molecule is O=C(NCC1CC1)c1c(CC(=O)C2CCC2)sc2c1CCCC2. The van der Waals surface area contributed by atoms with Gasteiger partial charge < -0.3 is 5.32 Å². The molecule has 1 amide bonds. The molecule has 0 bridgehead atoms. The smallest absolute Gasteiger partial charge is 0.252 e. The second-order valence-corrected chi connectivity index (χ2v) is 8.62. The summed E-state index contributed by atoms with van der Waals surface area (Å²) in [5, 5.41) is 3.12. The quantitative estimate of drug-likeness (QED) is 0.864. The number of hydrogen-bond acceptors (Lipinski definition) is 3. The van der Waals surface area contributed by atoms with Crippen LogP contribution in [0.3, 0.4) is 0 Å². The Balaban J connectivity index is 1.56. The number of carbonyl (C=O) groups is 2. The van der Waals surface area contributed by atoms with Gasteiger partial charge in [-0.15, -0.1) is 11.3 Å². The molecule has 1 N–H and O–H groups in total. The van der Waals surface area contributed by atoms with E-state index >= 15 is 0 Å². The van der Waals surface area contributed by atoms with E-state index < -0.39 is 0 Å². The summed E-state index contributed by atoms with van der Waals surface area (Å²) in [6.07, 6.45) is 10.7. The Kier molecular flexibility index (Phi) is 4.27. The van der Waals surface area contributed by atoms with Crippen LogP contribution in [-0.4, -0.2) is 18.2 Å². The van der Waals surface area contributed by atoms with Crippen molar-refractivity contribution in [3.8, 4) is 0 Å². The number of fused-ring (bicyclic) bond motifs is 1. The number of ketones is 1. The van der Waals surface area contributed by atoms with Crippen LogP contribution >= 0.6 is 11.3 Å². The molecule has 0 atom stereocenters. The average Bonchev–Trinajstić information content (AvgIpc) is 3.23. The van der Waals surface area contributed by atoms with Gasteiger partial charge in [0, 0.05) is 28.6 Å². The summed E-state index contributed by atoms with van der Waals surface area (Å²) in [4.78, 5) is 27.6. The zero-order chi connectivity index (χ0) is 15.8. The van der Waals surface area contributed by atoms with Crippen molar-refractivity contribution in [1.82, 2.24) is 5.32 Å². The summed E-state index contributed by atoms with van der Waals surface area (Å²) in [6, 6.07) is 0. The minimum atomic E-state index is 0.0766. The lowest BCUT2D eigenvalue weighted by molar-refractivity contribution is -0.124. The first-order valence-corrected chi connectivity index (χ1v) is 9.98. The molecule has 4 heteroatoms. The maximum absolute atomic E-state index is 12.7. The second-order valence-electron chi connectivity index (χ2n) is 7.43. The van der Waals surface area contributed by atoms with Crippen LogP contribution in [0, 0.1) is 11.8 Å². The number of hydrogen-bond donors (Lipinski definition) is 1. The van der Waals surface area contributed by atoms with E-state index in [0.29, 0.717) is 18.1 Å². The average molecular weight is 331 g/mol. The van der Waals surface area contributed by atoms with Crippen LogP contribution in [0.4, 0.5) is 0 Å². The van der Waals surface area contributed by atoms with Crippen molar-refractivity contribution in [3.05, 3.63) is 20.9 Å². The zero-order valence-corrected chi connectivity index (χ0v) is 14.5. The van der Waals surface area contributed by atoms with E-state index in [1.54, 1.807) is 11.3 Å². The number of aryl methyl sites for hydroxylation is 1. The molecule has 1 heterocycles. The molecule has 0 unspecified atom stereocenters. The molecule has 1 aromatic heterocycles. The van der Waals surface area contributed by atoms with Crippen molar-refractivity contribution in [2.24, 2.45) is 11.8 Å². The third kappa shape index (κ3) is 3.23. The second kappa shape index (κ2) is 6.39. The molecule has 0 aromatic carbocycles. The highest BCUT2D eigenvalue weighted by atomic mass is 32.1. The Hall–Kier alpha value is -1.16. The van der Waals surface area contributed by atoms with Gasteiger partial charge in [0.05, 0.1) is 5.56 Å². The summed E-state index contributed by atoms with van der Waals surface area (Å²) in [7, 11) is 0. The zero-order valence-electron chi connectivity index (χ0n) is 13.7. The Morgan fingerprint density at radius 3 is 2.52 bits per heavy atom. The van der Waals surface area contributed by atoms with Crippen molar-refractivity contribution in [2.45, 2.75) is 64.2 Å². The maximum Gasteiger partial charge on any atom is 0.252 e. The molecule has 4 rings (SSSR count). The Morgan fingerprint density at radius 2 is 1.83 bits per heavy atom. The van der Waals surface area contributed by atoms with E-state index in [2.05, 4.69) is 5.32 Å². The van der Waals surface area contributed by atoms with Crippen LogP contribution in [0.15, 0.2) is 0 Å². The lowest BCUT2D eigenvalue weighted by Gasteiger charge is -2.23. The lowest BCUT2D eigenvalue weighted by Crippen LogP contribution is -2.28. The minimum absolute atomic E-state index is 0.0766. The van der Waals surface area contributed by atoms with Gasteiger partial charge in [-0.25, -0.2) is 0 Å². The molecule has 0 saturated heterocycles. The van der Waals surface area contributed by atoms with Gasteiger partial charge in [0.25, 0.3) is 5.91 Å². The van der Waals surface area contributed by atoms with Crippen molar-refractivity contribution in [1.29, 1.82) is 0 Å². The number of rotatable bonds is 6. The van der Waals surface area contributed by atoms with Gasteiger partial charge in [-0.3, -0.25) is 9.59 Å². The molecule has 3 aliphatic rings. The summed E-state index contributed by atoms with van der Waals surface area (Å²) in [5.41, 5.74) is 2.13. The maximum atomic E-state index is 12.7. The summed E-state index contributed by atoms with van der Waals surface area (Å²) >= 11 is 1.74. The Bertz CT molecular complexity index is 626. The molecule has 124 valence electrons. The van der Waals surface area contributed by atoms with Gasteiger partial charge in [-0.1, -0.05) is 6.42 Å². The van der Waals surface area contributed by atoms with E-state index in [0.717, 1.165) is 42.7 Å². The van der Waals surface area contributed by atoms with Crippen LogP contribution in [-0.2, 0) is 24.1 Å². The first-order chi connectivity index (χ1) is 11.2. The van der Waals surface area contributed by atoms with E-state index in [9.17, 15) is 9.59 Å². The predicted molar refractivity (Wildman–Crippen MR) is 92.1 cm³/mol. The Morgan fingerprint density at radius 1 is 1.04 bits per heavy atom. The van der Waals surface area contributed by atoms with Gasteiger partial charge in [0.2, 0.25) is 0 Å². The largest absolute Gasteiger partial charge is 0.352 e. The molecular weight excluding hydrogens is 306 g/mol. The van der Waals surface area contributed by atoms with E-state index in [4.69, 9.17) is 0 Å². The molecule has 3 nitrogen and oxygen atoms in total. The number of thiophene rings is 1. The number of Topliss-reactive ketones (excluding diaryl/α,β-unsaturated/α-hetero) is 1. The first kappa shape index (κ1) is 15.4. The molecule has 2 fully saturated rings. The lowest BCUT2D eigenvalue weighted by atomic mass is 9.80. The fraction of sp³-hybridized carbons (Fsp3) is 0.684. The fourth-order valence-corrected chi connectivity index (χ4v) is 5.09. The predicted octanol–water partition coefficient (Wildman–Crippen LogP) is 3.68. The molecule has 23 heavy (non-hydrogen) atoms. The van der Waals surface area contributed by atoms with Crippen LogP contribution < -0.4 is 5.32 Å². The van der Waals surface area contributed by atoms with Crippen molar-refractivity contribution < 1.29 is 9.59 Å². The van der Waals surface area contributed by atoms with Crippen molar-refractivity contribution in [3.63, 3.8) is 0 Å². The molecule has 0 aliphatic heterocycles. The molecule has 3 aliphatic carbocycles. The first-order valence-electron chi connectivity index (χ1n) is 9.16. The third-order valence-electron chi connectivity index (χ3n) is 5.61. The van der Waals surface area contributed by atoms with E-state index in [1.165, 1.54) is 42.5 Å². The van der Waals surface area contributed by atoms with Gasteiger partial charge >= 0.3 is 0 Å². The van der Waals surface area contributed by atoms with Crippen molar-refractivity contribution >= 4 is 23.0 Å². The normalized spacial score (nSPS) is 20.7.